The van der Waals surface area contributed by atoms with Crippen LogP contribution in [-0.4, -0.2) is 40.4 Å². The number of pyridine rings is 1. The first-order valence-electron chi connectivity index (χ1n) is 9.06. The summed E-state index contributed by atoms with van der Waals surface area (Å²) in [5.74, 6) is -1.93. The SMILES string of the molecule is CCCCCN(C(=O)OC(=O)C(=O)NCc1ccncc1)C(C)C(C)C. The van der Waals surface area contributed by atoms with Crippen LogP contribution >= 0.6 is 0 Å². The van der Waals surface area contributed by atoms with E-state index in [1.165, 1.54) is 4.90 Å². The fourth-order valence-corrected chi connectivity index (χ4v) is 2.29. The van der Waals surface area contributed by atoms with Crippen molar-refractivity contribution in [1.29, 1.82) is 0 Å². The molecule has 0 bridgehead atoms. The number of aromatic nitrogens is 1. The first kappa shape index (κ1) is 21.6. The van der Waals surface area contributed by atoms with Gasteiger partial charge in [0.2, 0.25) is 0 Å². The molecule has 0 aliphatic rings. The highest BCUT2D eigenvalue weighted by Crippen LogP contribution is 2.13. The predicted molar refractivity (Wildman–Crippen MR) is 98.1 cm³/mol. The highest BCUT2D eigenvalue weighted by molar-refractivity contribution is 6.34. The van der Waals surface area contributed by atoms with Crippen molar-refractivity contribution in [2.75, 3.05) is 6.54 Å². The lowest BCUT2D eigenvalue weighted by atomic mass is 10.0. The number of hydrogen-bond donors (Lipinski definition) is 1. The average Bonchev–Trinajstić information content (AvgIpc) is 2.63. The largest absolute Gasteiger partial charge is 0.418 e. The monoisotopic (exact) mass is 363 g/mol. The molecular formula is C19H29N3O4. The minimum absolute atomic E-state index is 0.0907. The number of rotatable bonds is 8. The standard InChI is InChI=1S/C19H29N3O4/c1-5-6-7-12-22(15(4)14(2)3)19(25)26-18(24)17(23)21-13-16-8-10-20-11-9-16/h8-11,14-15H,5-7,12-13H2,1-4H3,(H,21,23). The summed E-state index contributed by atoms with van der Waals surface area (Å²) in [6.45, 7) is 8.63. The Bertz CT molecular complexity index is 590. The van der Waals surface area contributed by atoms with Crippen molar-refractivity contribution >= 4 is 18.0 Å². The van der Waals surface area contributed by atoms with Gasteiger partial charge < -0.3 is 15.0 Å². The maximum Gasteiger partial charge on any atom is 0.418 e. The van der Waals surface area contributed by atoms with E-state index in [2.05, 4.69) is 17.2 Å². The van der Waals surface area contributed by atoms with Gasteiger partial charge >= 0.3 is 18.0 Å². The fourth-order valence-electron chi connectivity index (χ4n) is 2.29. The van der Waals surface area contributed by atoms with Gasteiger partial charge in [-0.05, 0) is 37.0 Å². The Labute approximate surface area is 155 Å². The molecule has 1 atom stereocenters. The van der Waals surface area contributed by atoms with Crippen LogP contribution in [0.15, 0.2) is 24.5 Å². The summed E-state index contributed by atoms with van der Waals surface area (Å²) in [6, 6.07) is 3.35. The summed E-state index contributed by atoms with van der Waals surface area (Å²) in [4.78, 5) is 41.5. The summed E-state index contributed by atoms with van der Waals surface area (Å²) >= 11 is 0. The Hall–Kier alpha value is -2.44. The van der Waals surface area contributed by atoms with Gasteiger partial charge in [-0.25, -0.2) is 9.59 Å². The molecule has 7 heteroatoms. The van der Waals surface area contributed by atoms with Crippen molar-refractivity contribution in [3.8, 4) is 0 Å². The first-order chi connectivity index (χ1) is 12.4. The van der Waals surface area contributed by atoms with Gasteiger partial charge in [0.25, 0.3) is 0 Å². The molecule has 0 radical (unpaired) electrons. The quantitative estimate of drug-likeness (QED) is 0.332. The molecule has 144 valence electrons. The molecule has 1 N–H and O–H groups in total. The molecule has 1 rings (SSSR count). The van der Waals surface area contributed by atoms with Gasteiger partial charge in [-0.15, -0.1) is 0 Å². The van der Waals surface area contributed by atoms with Crippen molar-refractivity contribution in [2.24, 2.45) is 5.92 Å². The number of carbonyl (C=O) groups excluding carboxylic acids is 3. The molecule has 0 spiro atoms. The molecule has 1 heterocycles. The zero-order chi connectivity index (χ0) is 19.5. The molecule has 1 unspecified atom stereocenters. The molecule has 1 aromatic heterocycles. The van der Waals surface area contributed by atoms with Crippen LogP contribution in [0.3, 0.4) is 0 Å². The molecular weight excluding hydrogens is 334 g/mol. The Morgan fingerprint density at radius 3 is 2.38 bits per heavy atom. The molecule has 7 nitrogen and oxygen atoms in total. The molecule has 0 saturated carbocycles. The van der Waals surface area contributed by atoms with Crippen LogP contribution in [0.1, 0.15) is 52.5 Å². The Morgan fingerprint density at radius 1 is 1.15 bits per heavy atom. The van der Waals surface area contributed by atoms with E-state index in [4.69, 9.17) is 4.74 Å². The minimum atomic E-state index is -1.19. The second kappa shape index (κ2) is 11.2. The lowest BCUT2D eigenvalue weighted by Gasteiger charge is -2.30. The molecule has 2 amide bonds. The van der Waals surface area contributed by atoms with E-state index in [-0.39, 0.29) is 18.5 Å². The molecule has 0 aliphatic heterocycles. The van der Waals surface area contributed by atoms with E-state index >= 15 is 0 Å². The van der Waals surface area contributed by atoms with Gasteiger partial charge in [-0.3, -0.25) is 9.78 Å². The third-order valence-corrected chi connectivity index (χ3v) is 4.26. The van der Waals surface area contributed by atoms with Gasteiger partial charge in [0, 0.05) is 31.5 Å². The normalized spacial score (nSPS) is 11.7. The van der Waals surface area contributed by atoms with Crippen molar-refractivity contribution in [3.63, 3.8) is 0 Å². The molecule has 1 aromatic rings. The van der Waals surface area contributed by atoms with Crippen molar-refractivity contribution in [2.45, 2.75) is 59.5 Å². The van der Waals surface area contributed by atoms with Gasteiger partial charge in [0.05, 0.1) is 0 Å². The molecule has 0 fully saturated rings. The summed E-state index contributed by atoms with van der Waals surface area (Å²) in [5, 5.41) is 2.44. The lowest BCUT2D eigenvalue weighted by molar-refractivity contribution is -0.151. The van der Waals surface area contributed by atoms with Crippen LogP contribution in [0.2, 0.25) is 0 Å². The van der Waals surface area contributed by atoms with Gasteiger partial charge in [-0.1, -0.05) is 33.6 Å². The third kappa shape index (κ3) is 7.21. The summed E-state index contributed by atoms with van der Waals surface area (Å²) in [7, 11) is 0. The van der Waals surface area contributed by atoms with Crippen molar-refractivity contribution in [3.05, 3.63) is 30.1 Å². The van der Waals surface area contributed by atoms with E-state index in [1.807, 2.05) is 20.8 Å². The fraction of sp³-hybridized carbons (Fsp3) is 0.579. The first-order valence-corrected chi connectivity index (χ1v) is 9.06. The molecule has 0 aromatic carbocycles. The van der Waals surface area contributed by atoms with Crippen LogP contribution in [0.4, 0.5) is 4.79 Å². The zero-order valence-electron chi connectivity index (χ0n) is 16.0. The van der Waals surface area contributed by atoms with Gasteiger partial charge in [-0.2, -0.15) is 0 Å². The summed E-state index contributed by atoms with van der Waals surface area (Å²) < 4.78 is 4.79. The minimum Gasteiger partial charge on any atom is -0.369 e. The number of esters is 1. The molecule has 0 saturated heterocycles. The average molecular weight is 363 g/mol. The van der Waals surface area contributed by atoms with E-state index in [0.29, 0.717) is 6.54 Å². The number of nitrogens with one attached hydrogen (secondary N) is 1. The Balaban J connectivity index is 2.59. The Kier molecular flexibility index (Phi) is 9.33. The molecule has 0 aliphatic carbocycles. The Morgan fingerprint density at radius 2 is 1.81 bits per heavy atom. The topological polar surface area (TPSA) is 88.6 Å². The number of unbranched alkanes of at least 4 members (excludes halogenated alkanes) is 2. The van der Waals surface area contributed by atoms with Crippen LogP contribution in [0.5, 0.6) is 0 Å². The van der Waals surface area contributed by atoms with Crippen molar-refractivity contribution in [1.82, 2.24) is 15.2 Å². The van der Waals surface area contributed by atoms with Crippen LogP contribution < -0.4 is 5.32 Å². The van der Waals surface area contributed by atoms with Gasteiger partial charge in [0.1, 0.15) is 0 Å². The second-order valence-corrected chi connectivity index (χ2v) is 6.58. The zero-order valence-corrected chi connectivity index (χ0v) is 16.0. The highest BCUT2D eigenvalue weighted by Gasteiger charge is 2.27. The van der Waals surface area contributed by atoms with Gasteiger partial charge in [0.15, 0.2) is 0 Å². The van der Waals surface area contributed by atoms with E-state index in [0.717, 1.165) is 24.8 Å². The van der Waals surface area contributed by atoms with Crippen LogP contribution in [-0.2, 0) is 20.9 Å². The third-order valence-electron chi connectivity index (χ3n) is 4.26. The van der Waals surface area contributed by atoms with Crippen molar-refractivity contribution < 1.29 is 19.1 Å². The van der Waals surface area contributed by atoms with E-state index in [1.54, 1.807) is 24.5 Å². The number of carbonyl (C=O) groups is 3. The number of hydrogen-bond acceptors (Lipinski definition) is 5. The van der Waals surface area contributed by atoms with E-state index in [9.17, 15) is 14.4 Å². The van der Waals surface area contributed by atoms with Crippen LogP contribution in [0, 0.1) is 5.92 Å². The number of ether oxygens (including phenoxy) is 1. The highest BCUT2D eigenvalue weighted by atomic mass is 16.6. The maximum absolute atomic E-state index is 12.4. The number of nitrogens with zero attached hydrogens (tertiary/aromatic N) is 2. The second-order valence-electron chi connectivity index (χ2n) is 6.58. The summed E-state index contributed by atoms with van der Waals surface area (Å²) in [5.41, 5.74) is 0.794. The van der Waals surface area contributed by atoms with Crippen LogP contribution in [0.25, 0.3) is 0 Å². The lowest BCUT2D eigenvalue weighted by Crippen LogP contribution is -2.45. The molecule has 26 heavy (non-hydrogen) atoms. The maximum atomic E-state index is 12.4. The van der Waals surface area contributed by atoms with E-state index < -0.39 is 18.0 Å². The smallest absolute Gasteiger partial charge is 0.369 e. The predicted octanol–water partition coefficient (Wildman–Crippen LogP) is 2.90. The number of amides is 2. The summed E-state index contributed by atoms with van der Waals surface area (Å²) in [6.07, 6.45) is 5.23.